The minimum atomic E-state index is -3.13. The van der Waals surface area contributed by atoms with Crippen LogP contribution >= 0.6 is 0 Å². The molecule has 0 aliphatic rings. The van der Waals surface area contributed by atoms with E-state index in [0.717, 1.165) is 0 Å². The Morgan fingerprint density at radius 1 is 1.33 bits per heavy atom. The quantitative estimate of drug-likeness (QED) is 0.399. The Balaban J connectivity index is -0.0000000450. The molecule has 0 unspecified atom stereocenters. The van der Waals surface area contributed by atoms with Crippen LogP contribution in [0.5, 0.6) is 0 Å². The van der Waals surface area contributed by atoms with Gasteiger partial charge in [0.1, 0.15) is 0 Å². The average molecular weight is 166 g/mol. The summed E-state index contributed by atoms with van der Waals surface area (Å²) in [4.78, 5) is 14.3. The van der Waals surface area contributed by atoms with E-state index in [1.807, 2.05) is 0 Å². The SMILES string of the molecule is O=[Si](O)O.[Cu].[NaH]. The van der Waals surface area contributed by atoms with Crippen LogP contribution in [0.4, 0.5) is 0 Å². The predicted molar refractivity (Wildman–Crippen MR) is 18.0 cm³/mol. The van der Waals surface area contributed by atoms with Crippen LogP contribution in [0.25, 0.3) is 0 Å². The Labute approximate surface area is 69.4 Å². The van der Waals surface area contributed by atoms with Gasteiger partial charge in [0, 0.05) is 17.1 Å². The molecule has 37 valence electrons. The summed E-state index contributed by atoms with van der Waals surface area (Å²) in [5, 5.41) is 0. The molecule has 0 spiro atoms. The fourth-order valence-corrected chi connectivity index (χ4v) is 0. The zero-order valence-corrected chi connectivity index (χ0v) is 4.05. The number of hydrogen-bond acceptors (Lipinski definition) is 1. The molecule has 2 N–H and O–H groups in total. The van der Waals surface area contributed by atoms with Crippen molar-refractivity contribution in [2.45, 2.75) is 0 Å². The zero-order valence-electron chi connectivity index (χ0n) is 2.10. The fraction of sp³-hybridized carbons (Fsp3) is 0. The van der Waals surface area contributed by atoms with E-state index in [4.69, 9.17) is 14.1 Å². The standard InChI is InChI=1S/Cu.Na.H2O3Si.H/c;;1-4(2)3;/h;;1-2H;. The normalized spacial score (nSPS) is 4.00. The van der Waals surface area contributed by atoms with Crippen molar-refractivity contribution in [3.05, 3.63) is 0 Å². The van der Waals surface area contributed by atoms with Crippen molar-refractivity contribution in [2.75, 3.05) is 0 Å². The molecule has 0 saturated heterocycles. The van der Waals surface area contributed by atoms with Crippen LogP contribution in [-0.4, -0.2) is 48.3 Å². The molecule has 0 fully saturated rings. The van der Waals surface area contributed by atoms with E-state index in [2.05, 4.69) is 0 Å². The second-order valence-corrected chi connectivity index (χ2v) is 0.848. The Bertz CT molecular complexity index is 33.8. The van der Waals surface area contributed by atoms with Crippen molar-refractivity contribution in [2.24, 2.45) is 0 Å². The van der Waals surface area contributed by atoms with E-state index in [1.165, 1.54) is 0 Å². The third-order valence-electron chi connectivity index (χ3n) is 0. The number of rotatable bonds is 0. The van der Waals surface area contributed by atoms with Crippen molar-refractivity contribution in [1.82, 2.24) is 0 Å². The van der Waals surface area contributed by atoms with Crippen molar-refractivity contribution < 1.29 is 31.1 Å². The fourth-order valence-electron chi connectivity index (χ4n) is 0. The molecule has 6 heavy (non-hydrogen) atoms. The average Bonchev–Trinajstić information content (AvgIpc) is 0.811. The third kappa shape index (κ3) is 68.1. The van der Waals surface area contributed by atoms with Crippen molar-refractivity contribution in [1.29, 1.82) is 0 Å². The van der Waals surface area contributed by atoms with Gasteiger partial charge in [-0.2, -0.15) is 0 Å². The van der Waals surface area contributed by atoms with Crippen LogP contribution in [0.1, 0.15) is 0 Å². The maximum absolute atomic E-state index is 8.74. The second kappa shape index (κ2) is 9.46. The summed E-state index contributed by atoms with van der Waals surface area (Å²) in [6.07, 6.45) is 0. The third-order valence-corrected chi connectivity index (χ3v) is 0. The Hall–Kier alpha value is 1.14. The molecule has 0 saturated carbocycles. The summed E-state index contributed by atoms with van der Waals surface area (Å²) >= 11 is 0. The second-order valence-electron chi connectivity index (χ2n) is 0.283. The van der Waals surface area contributed by atoms with E-state index in [0.29, 0.717) is 0 Å². The van der Waals surface area contributed by atoms with Gasteiger partial charge in [-0.3, -0.25) is 4.46 Å². The summed E-state index contributed by atoms with van der Waals surface area (Å²) in [6, 6.07) is 0. The van der Waals surface area contributed by atoms with E-state index in [1.54, 1.807) is 0 Å². The zero-order chi connectivity index (χ0) is 3.58. The molecule has 0 amide bonds. The first-order valence-electron chi connectivity index (χ1n) is 0.651. The van der Waals surface area contributed by atoms with Crippen molar-refractivity contribution in [3.8, 4) is 0 Å². The molecule has 0 aromatic rings. The Morgan fingerprint density at radius 2 is 1.33 bits per heavy atom. The monoisotopic (exact) mass is 165 g/mol. The van der Waals surface area contributed by atoms with Crippen LogP contribution in [0.3, 0.4) is 0 Å². The van der Waals surface area contributed by atoms with Gasteiger partial charge >= 0.3 is 38.7 Å². The molecule has 0 atom stereocenters. The molecule has 3 nitrogen and oxygen atoms in total. The van der Waals surface area contributed by atoms with Crippen LogP contribution in [-0.2, 0) is 21.5 Å². The summed E-state index contributed by atoms with van der Waals surface area (Å²) in [5.41, 5.74) is 0. The van der Waals surface area contributed by atoms with Crippen LogP contribution in [0, 0.1) is 0 Å². The van der Waals surface area contributed by atoms with E-state index in [9.17, 15) is 0 Å². The maximum atomic E-state index is 8.74. The molecule has 6 heteroatoms. The van der Waals surface area contributed by atoms with Crippen LogP contribution in [0.15, 0.2) is 0 Å². The van der Waals surface area contributed by atoms with Gasteiger partial charge < -0.3 is 9.59 Å². The first-order valence-corrected chi connectivity index (χ1v) is 1.95. The Kier molecular flexibility index (Phi) is 24.8. The topological polar surface area (TPSA) is 57.5 Å². The predicted octanol–water partition coefficient (Wildman–Crippen LogP) is -2.26. The molecular weight excluding hydrogens is 163 g/mol. The van der Waals surface area contributed by atoms with E-state index >= 15 is 0 Å². The van der Waals surface area contributed by atoms with Gasteiger partial charge in [-0.25, -0.2) is 0 Å². The summed E-state index contributed by atoms with van der Waals surface area (Å²) in [5.74, 6) is 0. The molecule has 0 aliphatic heterocycles. The van der Waals surface area contributed by atoms with Gasteiger partial charge in [-0.15, -0.1) is 0 Å². The minimum absolute atomic E-state index is 0. The van der Waals surface area contributed by atoms with Gasteiger partial charge in [0.15, 0.2) is 0 Å². The molecular formula is H3CuNaO3Si. The van der Waals surface area contributed by atoms with Crippen molar-refractivity contribution >= 4 is 38.7 Å². The van der Waals surface area contributed by atoms with Crippen LogP contribution in [0.2, 0.25) is 0 Å². The van der Waals surface area contributed by atoms with Gasteiger partial charge in [-0.1, -0.05) is 0 Å². The first kappa shape index (κ1) is 15.7. The first-order chi connectivity index (χ1) is 1.73. The number of hydrogen-bond donors (Lipinski definition) is 2. The van der Waals surface area contributed by atoms with Gasteiger partial charge in [0.2, 0.25) is 0 Å². The molecule has 0 bridgehead atoms. The molecule has 0 aliphatic carbocycles. The van der Waals surface area contributed by atoms with Crippen molar-refractivity contribution in [3.63, 3.8) is 0 Å². The van der Waals surface area contributed by atoms with E-state index < -0.39 is 9.17 Å². The van der Waals surface area contributed by atoms with Crippen LogP contribution < -0.4 is 0 Å². The van der Waals surface area contributed by atoms with Gasteiger partial charge in [-0.05, 0) is 0 Å². The molecule has 1 radical (unpaired) electrons. The molecule has 0 aromatic carbocycles. The van der Waals surface area contributed by atoms with Gasteiger partial charge in [0.05, 0.1) is 0 Å². The summed E-state index contributed by atoms with van der Waals surface area (Å²) in [7, 11) is -3.13. The molecule has 0 heterocycles. The Morgan fingerprint density at radius 3 is 1.33 bits per heavy atom. The van der Waals surface area contributed by atoms with E-state index in [-0.39, 0.29) is 46.6 Å². The van der Waals surface area contributed by atoms with Gasteiger partial charge in [0.25, 0.3) is 0 Å². The molecule has 0 rings (SSSR count). The summed E-state index contributed by atoms with van der Waals surface area (Å²) < 4.78 is 8.74. The molecule has 0 aromatic heterocycles. The summed E-state index contributed by atoms with van der Waals surface area (Å²) in [6.45, 7) is 0.